The minimum Gasteiger partial charge on any atom is -0.311 e. The van der Waals surface area contributed by atoms with Crippen LogP contribution < -0.4 is 10.6 Å². The summed E-state index contributed by atoms with van der Waals surface area (Å²) in [4.78, 5) is 0. The summed E-state index contributed by atoms with van der Waals surface area (Å²) in [6, 6.07) is 3.52. The van der Waals surface area contributed by atoms with Gasteiger partial charge in [-0.25, -0.2) is 8.78 Å². The van der Waals surface area contributed by atoms with E-state index >= 15 is 0 Å². The zero-order valence-electron chi connectivity index (χ0n) is 8.56. The molecule has 1 aromatic carbocycles. The number of nitrogens with one attached hydrogen (secondary N) is 2. The third kappa shape index (κ3) is 2.16. The van der Waals surface area contributed by atoms with E-state index in [1.165, 1.54) is 12.1 Å². The zero-order valence-corrected chi connectivity index (χ0v) is 8.56. The highest BCUT2D eigenvalue weighted by Crippen LogP contribution is 2.22. The largest absolute Gasteiger partial charge is 0.311 e. The summed E-state index contributed by atoms with van der Waals surface area (Å²) in [6.07, 6.45) is 0. The smallest absolute Gasteiger partial charge is 0.128 e. The van der Waals surface area contributed by atoms with Crippen molar-refractivity contribution < 1.29 is 8.78 Å². The summed E-state index contributed by atoms with van der Waals surface area (Å²) < 4.78 is 26.5. The molecule has 4 heteroatoms. The Bertz CT molecular complexity index is 354. The predicted molar refractivity (Wildman–Crippen MR) is 54.6 cm³/mol. The maximum absolute atomic E-state index is 13.5. The van der Waals surface area contributed by atoms with Crippen molar-refractivity contribution in [2.45, 2.75) is 19.0 Å². The molecule has 2 atom stereocenters. The first kappa shape index (κ1) is 10.5. The fourth-order valence-corrected chi connectivity index (χ4v) is 1.95. The molecule has 1 heterocycles. The van der Waals surface area contributed by atoms with Crippen LogP contribution in [-0.2, 0) is 0 Å². The van der Waals surface area contributed by atoms with Gasteiger partial charge in [-0.05, 0) is 25.1 Å². The van der Waals surface area contributed by atoms with Crippen LogP contribution in [0.2, 0.25) is 0 Å². The number of rotatable bonds is 1. The second kappa shape index (κ2) is 4.24. The van der Waals surface area contributed by atoms with E-state index < -0.39 is 5.82 Å². The highest BCUT2D eigenvalue weighted by Gasteiger charge is 2.24. The fraction of sp³-hybridized carbons (Fsp3) is 0.455. The molecule has 2 rings (SSSR count). The van der Waals surface area contributed by atoms with Crippen LogP contribution in [0.1, 0.15) is 18.5 Å². The maximum atomic E-state index is 13.5. The Morgan fingerprint density at radius 2 is 1.93 bits per heavy atom. The molecule has 1 fully saturated rings. The van der Waals surface area contributed by atoms with E-state index in [4.69, 9.17) is 0 Å². The lowest BCUT2D eigenvalue weighted by Gasteiger charge is -2.31. The molecule has 1 aromatic rings. The summed E-state index contributed by atoms with van der Waals surface area (Å²) in [5.74, 6) is -0.754. The van der Waals surface area contributed by atoms with Gasteiger partial charge in [-0.2, -0.15) is 0 Å². The molecule has 2 nitrogen and oxygen atoms in total. The van der Waals surface area contributed by atoms with Crippen LogP contribution in [0, 0.1) is 11.6 Å². The highest BCUT2D eigenvalue weighted by molar-refractivity contribution is 5.24. The standard InChI is InChI=1S/C11H14F2N2/c1-7-11(15-5-4-14-7)9-6-8(12)2-3-10(9)13/h2-3,6-7,11,14-15H,4-5H2,1H3. The third-order valence-electron chi connectivity index (χ3n) is 2.75. The molecule has 0 bridgehead atoms. The van der Waals surface area contributed by atoms with Gasteiger partial charge < -0.3 is 10.6 Å². The summed E-state index contributed by atoms with van der Waals surface area (Å²) in [5, 5.41) is 6.41. The van der Waals surface area contributed by atoms with E-state index in [9.17, 15) is 8.78 Å². The lowest BCUT2D eigenvalue weighted by molar-refractivity contribution is 0.336. The number of piperazine rings is 1. The van der Waals surface area contributed by atoms with E-state index in [-0.39, 0.29) is 17.9 Å². The van der Waals surface area contributed by atoms with Gasteiger partial charge in [0.2, 0.25) is 0 Å². The Kier molecular flexibility index (Phi) is 2.98. The molecular weight excluding hydrogens is 198 g/mol. The molecule has 0 spiro atoms. The Hall–Kier alpha value is -1.00. The molecule has 0 aliphatic carbocycles. The van der Waals surface area contributed by atoms with Gasteiger partial charge in [-0.15, -0.1) is 0 Å². The minimum absolute atomic E-state index is 0.107. The van der Waals surface area contributed by atoms with Crippen molar-refractivity contribution in [1.82, 2.24) is 10.6 Å². The SMILES string of the molecule is CC1NCCNC1c1cc(F)ccc1F. The van der Waals surface area contributed by atoms with Crippen LogP contribution in [0.5, 0.6) is 0 Å². The number of hydrogen-bond acceptors (Lipinski definition) is 2. The molecule has 2 unspecified atom stereocenters. The van der Waals surface area contributed by atoms with Crippen LogP contribution in [0.15, 0.2) is 18.2 Å². The first-order chi connectivity index (χ1) is 7.18. The van der Waals surface area contributed by atoms with Gasteiger partial charge >= 0.3 is 0 Å². The van der Waals surface area contributed by atoms with E-state index in [0.29, 0.717) is 5.56 Å². The van der Waals surface area contributed by atoms with Gasteiger partial charge in [0.25, 0.3) is 0 Å². The van der Waals surface area contributed by atoms with Crippen molar-refractivity contribution in [3.05, 3.63) is 35.4 Å². The summed E-state index contributed by atoms with van der Waals surface area (Å²) in [7, 11) is 0. The van der Waals surface area contributed by atoms with Gasteiger partial charge in [-0.3, -0.25) is 0 Å². The molecule has 1 saturated heterocycles. The normalized spacial score (nSPS) is 26.6. The Morgan fingerprint density at radius 3 is 2.67 bits per heavy atom. The van der Waals surface area contributed by atoms with Crippen molar-refractivity contribution in [2.75, 3.05) is 13.1 Å². The Labute approximate surface area is 87.7 Å². The van der Waals surface area contributed by atoms with Crippen molar-refractivity contribution in [3.63, 3.8) is 0 Å². The van der Waals surface area contributed by atoms with E-state index in [2.05, 4.69) is 10.6 Å². The van der Waals surface area contributed by atoms with E-state index in [1.807, 2.05) is 6.92 Å². The highest BCUT2D eigenvalue weighted by atomic mass is 19.1. The van der Waals surface area contributed by atoms with Crippen molar-refractivity contribution in [3.8, 4) is 0 Å². The van der Waals surface area contributed by atoms with Crippen LogP contribution in [0.25, 0.3) is 0 Å². The van der Waals surface area contributed by atoms with Crippen LogP contribution in [0.3, 0.4) is 0 Å². The average Bonchev–Trinajstić information content (AvgIpc) is 2.23. The lowest BCUT2D eigenvalue weighted by Crippen LogP contribution is -2.49. The fourth-order valence-electron chi connectivity index (χ4n) is 1.95. The number of halogens is 2. The van der Waals surface area contributed by atoms with Gasteiger partial charge in [0.15, 0.2) is 0 Å². The first-order valence-corrected chi connectivity index (χ1v) is 5.10. The molecule has 0 aromatic heterocycles. The summed E-state index contributed by atoms with van der Waals surface area (Å²) in [6.45, 7) is 3.58. The Balaban J connectivity index is 2.30. The van der Waals surface area contributed by atoms with E-state index in [0.717, 1.165) is 19.2 Å². The molecule has 0 amide bonds. The second-order valence-electron chi connectivity index (χ2n) is 3.84. The second-order valence-corrected chi connectivity index (χ2v) is 3.84. The molecule has 2 N–H and O–H groups in total. The molecule has 0 radical (unpaired) electrons. The topological polar surface area (TPSA) is 24.1 Å². The number of hydrogen-bond donors (Lipinski definition) is 2. The molecule has 15 heavy (non-hydrogen) atoms. The maximum Gasteiger partial charge on any atom is 0.128 e. The Morgan fingerprint density at radius 1 is 1.20 bits per heavy atom. The summed E-state index contributed by atoms with van der Waals surface area (Å²) >= 11 is 0. The first-order valence-electron chi connectivity index (χ1n) is 5.10. The van der Waals surface area contributed by atoms with Crippen molar-refractivity contribution >= 4 is 0 Å². The quantitative estimate of drug-likeness (QED) is 0.738. The van der Waals surface area contributed by atoms with Crippen LogP contribution in [-0.4, -0.2) is 19.1 Å². The number of benzene rings is 1. The van der Waals surface area contributed by atoms with Gasteiger partial charge in [0, 0.05) is 24.7 Å². The van der Waals surface area contributed by atoms with Crippen molar-refractivity contribution in [1.29, 1.82) is 0 Å². The predicted octanol–water partition coefficient (Wildman–Crippen LogP) is 1.59. The molecule has 0 saturated carbocycles. The van der Waals surface area contributed by atoms with Crippen LogP contribution in [0.4, 0.5) is 8.78 Å². The lowest BCUT2D eigenvalue weighted by atomic mass is 9.98. The monoisotopic (exact) mass is 212 g/mol. The molecule has 1 aliphatic rings. The molecular formula is C11H14F2N2. The zero-order chi connectivity index (χ0) is 10.8. The van der Waals surface area contributed by atoms with Gasteiger partial charge in [0.1, 0.15) is 11.6 Å². The van der Waals surface area contributed by atoms with Gasteiger partial charge in [-0.1, -0.05) is 0 Å². The van der Waals surface area contributed by atoms with Crippen molar-refractivity contribution in [2.24, 2.45) is 0 Å². The minimum atomic E-state index is -0.397. The third-order valence-corrected chi connectivity index (χ3v) is 2.75. The molecule has 82 valence electrons. The van der Waals surface area contributed by atoms with E-state index in [1.54, 1.807) is 0 Å². The van der Waals surface area contributed by atoms with Crippen LogP contribution >= 0.6 is 0 Å². The average molecular weight is 212 g/mol. The van der Waals surface area contributed by atoms with Gasteiger partial charge in [0.05, 0.1) is 6.04 Å². The molecule has 1 aliphatic heterocycles. The summed E-state index contributed by atoms with van der Waals surface area (Å²) in [5.41, 5.74) is 0.398.